The second-order valence-corrected chi connectivity index (χ2v) is 11.4. The predicted octanol–water partition coefficient (Wildman–Crippen LogP) is 7.59. The molecule has 0 saturated carbocycles. The zero-order valence-corrected chi connectivity index (χ0v) is 27.1. The van der Waals surface area contributed by atoms with Crippen LogP contribution in [0.4, 0.5) is 0 Å². The van der Waals surface area contributed by atoms with Gasteiger partial charge in [0.1, 0.15) is 11.6 Å². The van der Waals surface area contributed by atoms with E-state index in [0.717, 1.165) is 38.2 Å². The predicted molar refractivity (Wildman–Crippen MR) is 178 cm³/mol. The average molecular weight is 713 g/mol. The number of ether oxygens (including phenoxy) is 2. The van der Waals surface area contributed by atoms with Crippen LogP contribution in [0.2, 0.25) is 0 Å². The van der Waals surface area contributed by atoms with Crippen molar-refractivity contribution in [3.05, 3.63) is 122 Å². The number of aryl methyl sites for hydroxylation is 1. The molecule has 8 nitrogen and oxygen atoms in total. The van der Waals surface area contributed by atoms with Gasteiger partial charge in [-0.25, -0.2) is 10.4 Å². The molecule has 0 aliphatic carbocycles. The quantitative estimate of drug-likeness (QED) is 0.119. The fraction of sp³-hybridized carbons (Fsp3) is 0.118. The van der Waals surface area contributed by atoms with Gasteiger partial charge in [-0.2, -0.15) is 10.4 Å². The first-order valence-electron chi connectivity index (χ1n) is 13.6. The first-order chi connectivity index (χ1) is 21.4. The van der Waals surface area contributed by atoms with Crippen molar-refractivity contribution in [2.75, 3.05) is 13.7 Å². The average Bonchev–Trinajstić information content (AvgIpc) is 3.43. The van der Waals surface area contributed by atoms with Crippen molar-refractivity contribution < 1.29 is 14.3 Å². The summed E-state index contributed by atoms with van der Waals surface area (Å²) in [5.41, 5.74) is 9.65. The Kier molecular flexibility index (Phi) is 10.0. The summed E-state index contributed by atoms with van der Waals surface area (Å²) in [6.45, 7) is 1.58. The molecule has 0 atom stereocenters. The molecule has 3 aromatic carbocycles. The van der Waals surface area contributed by atoms with Crippen LogP contribution >= 0.6 is 31.9 Å². The summed E-state index contributed by atoms with van der Waals surface area (Å²) in [6.07, 6.45) is 1.63. The minimum absolute atomic E-state index is 0.0600. The number of rotatable bonds is 10. The molecule has 2 heterocycles. The van der Waals surface area contributed by atoms with Crippen molar-refractivity contribution in [2.24, 2.45) is 5.10 Å². The third-order valence-electron chi connectivity index (χ3n) is 6.73. The molecule has 10 heteroatoms. The van der Waals surface area contributed by atoms with E-state index in [9.17, 15) is 10.1 Å². The molecule has 0 fully saturated rings. The summed E-state index contributed by atoms with van der Waals surface area (Å²) in [4.78, 5) is 17.1. The Morgan fingerprint density at radius 2 is 1.68 bits per heavy atom. The highest BCUT2D eigenvalue weighted by atomic mass is 79.9. The molecule has 0 spiro atoms. The van der Waals surface area contributed by atoms with Crippen molar-refractivity contribution in [2.45, 2.75) is 13.5 Å². The number of aromatic nitrogens is 2. The van der Waals surface area contributed by atoms with E-state index in [0.29, 0.717) is 15.7 Å². The van der Waals surface area contributed by atoms with Gasteiger partial charge in [0.15, 0.2) is 6.61 Å². The number of carbonyl (C=O) groups excluding carboxylic acids is 1. The monoisotopic (exact) mass is 711 g/mol. The molecule has 2 aromatic heterocycles. The van der Waals surface area contributed by atoms with Gasteiger partial charge in [-0.3, -0.25) is 4.79 Å². The maximum absolute atomic E-state index is 12.8. The Morgan fingerprint density at radius 3 is 2.32 bits per heavy atom. The van der Waals surface area contributed by atoms with Crippen molar-refractivity contribution in [1.29, 1.82) is 5.26 Å². The summed E-state index contributed by atoms with van der Waals surface area (Å²) in [5.74, 6) is -0.442. The number of carbonyl (C=O) groups is 1. The van der Waals surface area contributed by atoms with Crippen LogP contribution in [0.1, 0.15) is 22.4 Å². The SMILES string of the molecule is COCc1c(Br)c(C)nc(OCC(=O)N/N=C\c2cc(-c3ccccc3)n(-c3ccc(Br)cc3)c2-c2ccccc2)c1C#N. The number of benzene rings is 3. The van der Waals surface area contributed by atoms with Gasteiger partial charge in [-0.1, -0.05) is 76.6 Å². The molecule has 1 N–H and O–H groups in total. The van der Waals surface area contributed by atoms with E-state index >= 15 is 0 Å². The van der Waals surface area contributed by atoms with E-state index in [1.165, 1.54) is 7.11 Å². The highest BCUT2D eigenvalue weighted by molar-refractivity contribution is 9.10. The number of pyridine rings is 1. The highest BCUT2D eigenvalue weighted by Gasteiger charge is 2.20. The summed E-state index contributed by atoms with van der Waals surface area (Å²) in [5, 5.41) is 14.0. The summed E-state index contributed by atoms with van der Waals surface area (Å²) in [7, 11) is 1.54. The molecular formula is C34H27Br2N5O3. The third kappa shape index (κ3) is 6.81. The molecule has 220 valence electrons. The Labute approximate surface area is 272 Å². The standard InChI is InChI=1S/C34H27Br2N5O3/c1-22-32(36)29(20-43-2)28(18-37)34(39-22)44-21-31(42)40-38-19-25-17-30(23-9-5-3-6-10-23)41(27-15-13-26(35)14-16-27)33(25)24-11-7-4-8-12-24/h3-17,19H,20-21H2,1-2H3,(H,40,42)/b38-19-. The Balaban J connectivity index is 1.46. The van der Waals surface area contributed by atoms with Crippen LogP contribution in [0.3, 0.4) is 0 Å². The van der Waals surface area contributed by atoms with E-state index < -0.39 is 5.91 Å². The molecule has 5 rings (SSSR count). The third-order valence-corrected chi connectivity index (χ3v) is 8.31. The summed E-state index contributed by atoms with van der Waals surface area (Å²) < 4.78 is 14.7. The van der Waals surface area contributed by atoms with Crippen LogP contribution in [-0.4, -0.2) is 35.4 Å². The van der Waals surface area contributed by atoms with Crippen molar-refractivity contribution in [1.82, 2.24) is 15.0 Å². The molecule has 0 aliphatic rings. The van der Waals surface area contributed by atoms with Crippen LogP contribution < -0.4 is 10.2 Å². The fourth-order valence-electron chi connectivity index (χ4n) is 4.75. The van der Waals surface area contributed by atoms with Crippen LogP contribution in [0.25, 0.3) is 28.2 Å². The first-order valence-corrected chi connectivity index (χ1v) is 15.1. The van der Waals surface area contributed by atoms with E-state index in [1.807, 2.05) is 60.7 Å². The maximum atomic E-state index is 12.8. The van der Waals surface area contributed by atoms with Crippen LogP contribution in [0.5, 0.6) is 5.88 Å². The number of amides is 1. The fourth-order valence-corrected chi connectivity index (χ4v) is 5.42. The van der Waals surface area contributed by atoms with Gasteiger partial charge in [-0.15, -0.1) is 0 Å². The Hall–Kier alpha value is -4.56. The van der Waals surface area contributed by atoms with Gasteiger partial charge in [-0.05, 0) is 64.3 Å². The van der Waals surface area contributed by atoms with Crippen molar-refractivity contribution in [3.63, 3.8) is 0 Å². The molecule has 1 amide bonds. The van der Waals surface area contributed by atoms with E-state index in [1.54, 1.807) is 13.1 Å². The van der Waals surface area contributed by atoms with Gasteiger partial charge < -0.3 is 14.0 Å². The molecule has 0 bridgehead atoms. The normalized spacial score (nSPS) is 11.0. The zero-order valence-electron chi connectivity index (χ0n) is 23.9. The van der Waals surface area contributed by atoms with Gasteiger partial charge in [0.2, 0.25) is 5.88 Å². The van der Waals surface area contributed by atoms with E-state index in [2.05, 4.69) is 88.3 Å². The lowest BCUT2D eigenvalue weighted by Crippen LogP contribution is -2.25. The van der Waals surface area contributed by atoms with Gasteiger partial charge >= 0.3 is 0 Å². The summed E-state index contributed by atoms with van der Waals surface area (Å²) in [6, 6.07) is 32.4. The minimum Gasteiger partial charge on any atom is -0.467 e. The number of methoxy groups -OCH3 is 1. The number of hydrazone groups is 1. The zero-order chi connectivity index (χ0) is 31.1. The second kappa shape index (κ2) is 14.3. The largest absolute Gasteiger partial charge is 0.467 e. The minimum atomic E-state index is -0.502. The van der Waals surface area contributed by atoms with Crippen LogP contribution in [-0.2, 0) is 16.1 Å². The molecular weight excluding hydrogens is 686 g/mol. The number of nitrogens with one attached hydrogen (secondary N) is 1. The number of nitriles is 1. The van der Waals surface area contributed by atoms with Gasteiger partial charge in [0.05, 0.1) is 29.9 Å². The topological polar surface area (TPSA) is 102 Å². The lowest BCUT2D eigenvalue weighted by Gasteiger charge is -2.15. The van der Waals surface area contributed by atoms with Crippen molar-refractivity contribution in [3.8, 4) is 40.2 Å². The number of hydrogen-bond donors (Lipinski definition) is 1. The first kappa shape index (κ1) is 30.9. The van der Waals surface area contributed by atoms with Crippen LogP contribution in [0, 0.1) is 18.3 Å². The molecule has 0 radical (unpaired) electrons. The Bertz CT molecular complexity index is 1850. The maximum Gasteiger partial charge on any atom is 0.278 e. The molecule has 5 aromatic rings. The van der Waals surface area contributed by atoms with Gasteiger partial charge in [0.25, 0.3) is 5.91 Å². The van der Waals surface area contributed by atoms with Gasteiger partial charge in [0, 0.05) is 32.9 Å². The number of nitrogens with zero attached hydrogens (tertiary/aromatic N) is 4. The molecule has 0 saturated heterocycles. The number of halogens is 2. The van der Waals surface area contributed by atoms with E-state index in [-0.39, 0.29) is 24.7 Å². The highest BCUT2D eigenvalue weighted by Crippen LogP contribution is 2.36. The lowest BCUT2D eigenvalue weighted by molar-refractivity contribution is -0.123. The van der Waals surface area contributed by atoms with Crippen LogP contribution in [0.15, 0.2) is 105 Å². The second-order valence-electron chi connectivity index (χ2n) is 9.67. The molecule has 0 aliphatic heterocycles. The summed E-state index contributed by atoms with van der Waals surface area (Å²) >= 11 is 7.00. The smallest absolute Gasteiger partial charge is 0.278 e. The lowest BCUT2D eigenvalue weighted by atomic mass is 10.1. The number of hydrogen-bond acceptors (Lipinski definition) is 6. The molecule has 44 heavy (non-hydrogen) atoms. The van der Waals surface area contributed by atoms with Crippen molar-refractivity contribution >= 4 is 44.0 Å². The Morgan fingerprint density at radius 1 is 1.02 bits per heavy atom. The molecule has 0 unspecified atom stereocenters. The van der Waals surface area contributed by atoms with E-state index in [4.69, 9.17) is 9.47 Å².